The van der Waals surface area contributed by atoms with Crippen LogP contribution in [0, 0.1) is 6.92 Å². The van der Waals surface area contributed by atoms with Crippen molar-refractivity contribution in [1.82, 2.24) is 14.3 Å². The highest BCUT2D eigenvalue weighted by atomic mass is 32.2. The van der Waals surface area contributed by atoms with Gasteiger partial charge in [0.05, 0.1) is 24.6 Å². The molecule has 0 radical (unpaired) electrons. The van der Waals surface area contributed by atoms with E-state index in [-0.39, 0.29) is 13.1 Å². The minimum Gasteiger partial charge on any atom is -0.444 e. The van der Waals surface area contributed by atoms with Crippen molar-refractivity contribution in [3.63, 3.8) is 0 Å². The molecule has 4 rings (SSSR count). The number of carbonyl (C=O) groups excluding carboxylic acids is 1. The Morgan fingerprint density at radius 1 is 1.05 bits per heavy atom. The molecule has 226 valence electrons. The zero-order chi connectivity index (χ0) is 30.7. The number of carbonyl (C=O) groups is 1. The third-order valence-electron chi connectivity index (χ3n) is 6.79. The molecule has 9 nitrogen and oxygen atoms in total. The monoisotopic (exact) mass is 605 g/mol. The molecule has 0 fully saturated rings. The van der Waals surface area contributed by atoms with E-state index in [1.165, 1.54) is 12.4 Å². The molecule has 42 heavy (non-hydrogen) atoms. The summed E-state index contributed by atoms with van der Waals surface area (Å²) in [4.78, 5) is 22.7. The van der Waals surface area contributed by atoms with E-state index in [1.807, 2.05) is 35.2 Å². The first-order chi connectivity index (χ1) is 19.6. The summed E-state index contributed by atoms with van der Waals surface area (Å²) in [5.41, 5.74) is -3.07. The van der Waals surface area contributed by atoms with E-state index in [9.17, 15) is 26.4 Å². The topological polar surface area (TPSA) is 105 Å². The zero-order valence-corrected chi connectivity index (χ0v) is 24.7. The van der Waals surface area contributed by atoms with Gasteiger partial charge in [0.2, 0.25) is 0 Å². The number of benzene rings is 2. The van der Waals surface area contributed by atoms with Crippen molar-refractivity contribution < 1.29 is 31.1 Å². The Morgan fingerprint density at radius 3 is 2.33 bits per heavy atom. The van der Waals surface area contributed by atoms with Gasteiger partial charge in [-0.1, -0.05) is 42.5 Å². The van der Waals surface area contributed by atoms with E-state index >= 15 is 0 Å². The van der Waals surface area contributed by atoms with Crippen LogP contribution >= 0.6 is 0 Å². The molecule has 1 amide bonds. The van der Waals surface area contributed by atoms with Gasteiger partial charge in [-0.3, -0.25) is 5.32 Å². The lowest BCUT2D eigenvalue weighted by Gasteiger charge is -2.34. The maximum absolute atomic E-state index is 13.8. The smallest absolute Gasteiger partial charge is 0.444 e. The molecular weight excluding hydrogens is 571 g/mol. The summed E-state index contributed by atoms with van der Waals surface area (Å²) < 4.78 is 72.5. The number of aryl methyl sites for hydroxylation is 2. The van der Waals surface area contributed by atoms with E-state index in [0.717, 1.165) is 5.56 Å². The molecule has 0 saturated carbocycles. The van der Waals surface area contributed by atoms with E-state index in [2.05, 4.69) is 15.3 Å². The third kappa shape index (κ3) is 7.57. The first kappa shape index (κ1) is 31.2. The molecule has 1 atom stereocenters. The highest BCUT2D eigenvalue weighted by molar-refractivity contribution is 7.89. The predicted octanol–water partition coefficient (Wildman–Crippen LogP) is 5.81. The summed E-state index contributed by atoms with van der Waals surface area (Å²) in [6.07, 6.45) is 3.06. The summed E-state index contributed by atoms with van der Waals surface area (Å²) in [6, 6.07) is 14.1. The summed E-state index contributed by atoms with van der Waals surface area (Å²) in [5.74, 6) is 0.342. The van der Waals surface area contributed by atoms with Crippen LogP contribution in [0.5, 0.6) is 0 Å². The molecule has 2 aromatic carbocycles. The van der Waals surface area contributed by atoms with Crippen molar-refractivity contribution in [2.45, 2.75) is 70.8 Å². The van der Waals surface area contributed by atoms with Crippen LogP contribution in [0.2, 0.25) is 0 Å². The number of nitrogens with one attached hydrogen (secondary N) is 1. The Labute approximate surface area is 243 Å². The SMILES string of the molecule is Cc1cccc2c1CN(S(=O)(=O)C(F)(F)F)CC(CCc1ccccc1)N2Cc1ncc(NC(=O)OC(C)(C)C)cn1. The van der Waals surface area contributed by atoms with Gasteiger partial charge in [-0.25, -0.2) is 23.2 Å². The van der Waals surface area contributed by atoms with Crippen molar-refractivity contribution >= 4 is 27.5 Å². The molecule has 0 saturated heterocycles. The number of ether oxygens (including phenoxy) is 1. The average molecular weight is 606 g/mol. The molecule has 2 heterocycles. The molecule has 1 N–H and O–H groups in total. The molecule has 0 aliphatic carbocycles. The number of aromatic nitrogens is 2. The Kier molecular flexibility index (Phi) is 9.12. The van der Waals surface area contributed by atoms with E-state index < -0.39 is 39.8 Å². The molecule has 0 spiro atoms. The second-order valence-electron chi connectivity index (χ2n) is 11.1. The maximum atomic E-state index is 13.8. The fraction of sp³-hybridized carbons (Fsp3) is 0.414. The van der Waals surface area contributed by atoms with Crippen molar-refractivity contribution in [1.29, 1.82) is 0 Å². The van der Waals surface area contributed by atoms with Gasteiger partial charge >= 0.3 is 21.6 Å². The number of sulfonamides is 1. The molecule has 13 heteroatoms. The maximum Gasteiger partial charge on any atom is 0.511 e. The van der Waals surface area contributed by atoms with Gasteiger partial charge in [0.1, 0.15) is 11.4 Å². The summed E-state index contributed by atoms with van der Waals surface area (Å²) in [5, 5.41) is 2.57. The van der Waals surface area contributed by atoms with Gasteiger partial charge < -0.3 is 9.64 Å². The van der Waals surface area contributed by atoms with Crippen LogP contribution < -0.4 is 10.2 Å². The summed E-state index contributed by atoms with van der Waals surface area (Å²) in [7, 11) is -5.60. The second kappa shape index (κ2) is 12.3. The lowest BCUT2D eigenvalue weighted by Crippen LogP contribution is -2.47. The number of hydrogen-bond donors (Lipinski definition) is 1. The van der Waals surface area contributed by atoms with Crippen molar-refractivity contribution in [2.75, 3.05) is 16.8 Å². The highest BCUT2D eigenvalue weighted by Gasteiger charge is 2.51. The van der Waals surface area contributed by atoms with Crippen LogP contribution in [0.1, 0.15) is 49.7 Å². The van der Waals surface area contributed by atoms with Gasteiger partial charge in [-0.15, -0.1) is 0 Å². The van der Waals surface area contributed by atoms with Gasteiger partial charge in [0.25, 0.3) is 0 Å². The molecule has 1 unspecified atom stereocenters. The van der Waals surface area contributed by atoms with Gasteiger partial charge in [-0.05, 0) is 63.3 Å². The highest BCUT2D eigenvalue weighted by Crippen LogP contribution is 2.37. The first-order valence-corrected chi connectivity index (χ1v) is 14.8. The molecule has 3 aromatic rings. The zero-order valence-electron chi connectivity index (χ0n) is 23.9. The van der Waals surface area contributed by atoms with Crippen LogP contribution in [0.4, 0.5) is 29.3 Å². The number of amides is 1. The number of rotatable bonds is 7. The van der Waals surface area contributed by atoms with Gasteiger partial charge in [-0.2, -0.15) is 17.5 Å². The average Bonchev–Trinajstić information content (AvgIpc) is 3.05. The summed E-state index contributed by atoms with van der Waals surface area (Å²) >= 11 is 0. The van der Waals surface area contributed by atoms with Gasteiger partial charge in [0.15, 0.2) is 0 Å². The Bertz CT molecular complexity index is 1490. The van der Waals surface area contributed by atoms with Crippen LogP contribution in [-0.2, 0) is 34.3 Å². The molecule has 1 aliphatic heterocycles. The van der Waals surface area contributed by atoms with Crippen molar-refractivity contribution in [3.8, 4) is 0 Å². The third-order valence-corrected chi connectivity index (χ3v) is 8.33. The molecule has 1 aromatic heterocycles. The molecule has 0 bridgehead atoms. The largest absolute Gasteiger partial charge is 0.511 e. The number of anilines is 2. The Hall–Kier alpha value is -3.71. The lowest BCUT2D eigenvalue weighted by atomic mass is 10.0. The lowest BCUT2D eigenvalue weighted by molar-refractivity contribution is -0.0492. The number of nitrogens with zero attached hydrogens (tertiary/aromatic N) is 4. The molecule has 1 aliphatic rings. The van der Waals surface area contributed by atoms with Crippen LogP contribution in [0.25, 0.3) is 0 Å². The number of hydrogen-bond acceptors (Lipinski definition) is 7. The first-order valence-electron chi connectivity index (χ1n) is 13.4. The normalized spacial score (nSPS) is 16.5. The Balaban J connectivity index is 1.68. The van der Waals surface area contributed by atoms with Crippen LogP contribution in [0.3, 0.4) is 0 Å². The van der Waals surface area contributed by atoms with Crippen molar-refractivity contribution in [2.24, 2.45) is 0 Å². The second-order valence-corrected chi connectivity index (χ2v) is 13.1. The number of fused-ring (bicyclic) bond motifs is 1. The summed E-state index contributed by atoms with van der Waals surface area (Å²) in [6.45, 7) is 6.27. The van der Waals surface area contributed by atoms with Gasteiger partial charge in [0, 0.05) is 24.8 Å². The fourth-order valence-electron chi connectivity index (χ4n) is 4.78. The minimum atomic E-state index is -5.60. The predicted molar refractivity (Wildman–Crippen MR) is 153 cm³/mol. The van der Waals surface area contributed by atoms with E-state index in [0.29, 0.717) is 45.5 Å². The van der Waals surface area contributed by atoms with Crippen LogP contribution in [-0.4, -0.2) is 52.5 Å². The van der Waals surface area contributed by atoms with E-state index in [1.54, 1.807) is 45.9 Å². The number of alkyl halides is 3. The standard InChI is InChI=1S/C29H34F3N5O4S/c1-20-9-8-12-25-24(20)18-36(42(39,40)29(30,31)32)17-23(14-13-21-10-6-5-7-11-21)37(25)19-26-33-15-22(16-34-26)35-27(38)41-28(2,3)4/h5-12,15-16,23H,13-14,17-19H2,1-4H3,(H,35,38). The molecular formula is C29H34F3N5O4S. The minimum absolute atomic E-state index is 0.0997. The number of halogens is 3. The van der Waals surface area contributed by atoms with Crippen LogP contribution in [0.15, 0.2) is 60.9 Å². The van der Waals surface area contributed by atoms with E-state index in [4.69, 9.17) is 4.74 Å². The quantitative estimate of drug-likeness (QED) is 0.363. The fourth-order valence-corrected chi connectivity index (χ4v) is 5.74. The Morgan fingerprint density at radius 2 is 1.71 bits per heavy atom. The van der Waals surface area contributed by atoms with Crippen molar-refractivity contribution in [3.05, 3.63) is 83.4 Å².